The number of carbonyl (C=O) groups excluding carboxylic acids is 1. The number of carbonyl (C=O) groups is 1. The predicted molar refractivity (Wildman–Crippen MR) is 81.6 cm³/mol. The number of benzene rings is 1. The summed E-state index contributed by atoms with van der Waals surface area (Å²) < 4.78 is 11.2. The van der Waals surface area contributed by atoms with Crippen molar-refractivity contribution in [1.82, 2.24) is 5.32 Å². The lowest BCUT2D eigenvalue weighted by Gasteiger charge is -2.22. The van der Waals surface area contributed by atoms with Crippen LogP contribution in [0, 0.1) is 0 Å². The Morgan fingerprint density at radius 1 is 1.57 bits per heavy atom. The molecule has 3 atom stereocenters. The van der Waals surface area contributed by atoms with E-state index in [4.69, 9.17) is 15.2 Å². The van der Waals surface area contributed by atoms with Gasteiger partial charge in [-0.2, -0.15) is 0 Å². The van der Waals surface area contributed by atoms with Gasteiger partial charge in [0.05, 0.1) is 7.11 Å². The molecule has 1 aromatic carbocycles. The topological polar surface area (TPSA) is 73.6 Å². The lowest BCUT2D eigenvalue weighted by molar-refractivity contribution is -0.120. The minimum absolute atomic E-state index is 0.148. The Kier molecular flexibility index (Phi) is 4.73. The lowest BCUT2D eigenvalue weighted by atomic mass is 10.00. The number of methoxy groups -OCH3 is 1. The summed E-state index contributed by atoms with van der Waals surface area (Å²) >= 11 is 0. The molecule has 1 amide bonds. The van der Waals surface area contributed by atoms with Gasteiger partial charge in [0.15, 0.2) is 0 Å². The van der Waals surface area contributed by atoms with Crippen molar-refractivity contribution in [2.75, 3.05) is 7.11 Å². The Balaban J connectivity index is 2.40. The van der Waals surface area contributed by atoms with Crippen molar-refractivity contribution >= 4 is 5.91 Å². The van der Waals surface area contributed by atoms with Crippen LogP contribution in [0.15, 0.2) is 12.1 Å². The second-order valence-corrected chi connectivity index (χ2v) is 5.65. The van der Waals surface area contributed by atoms with Crippen LogP contribution in [-0.2, 0) is 11.2 Å². The molecule has 0 bridgehead atoms. The fourth-order valence-electron chi connectivity index (χ4n) is 2.59. The Morgan fingerprint density at radius 3 is 2.86 bits per heavy atom. The van der Waals surface area contributed by atoms with E-state index in [9.17, 15) is 4.79 Å². The molecule has 0 radical (unpaired) electrons. The average Bonchev–Trinajstić information content (AvgIpc) is 2.81. The zero-order chi connectivity index (χ0) is 15.6. The smallest absolute Gasteiger partial charge is 0.239 e. The van der Waals surface area contributed by atoms with E-state index in [2.05, 4.69) is 12.2 Å². The Labute approximate surface area is 125 Å². The molecule has 1 aliphatic rings. The quantitative estimate of drug-likeness (QED) is 0.840. The molecule has 0 fully saturated rings. The predicted octanol–water partition coefficient (Wildman–Crippen LogP) is 1.93. The van der Waals surface area contributed by atoms with Crippen molar-refractivity contribution in [1.29, 1.82) is 0 Å². The Bertz CT molecular complexity index is 530. The average molecular weight is 292 g/mol. The zero-order valence-electron chi connectivity index (χ0n) is 13.1. The molecule has 116 valence electrons. The summed E-state index contributed by atoms with van der Waals surface area (Å²) in [6, 6.07) is 3.42. The highest BCUT2D eigenvalue weighted by atomic mass is 16.5. The first kappa shape index (κ1) is 15.6. The summed E-state index contributed by atoms with van der Waals surface area (Å²) in [7, 11) is 1.60. The van der Waals surface area contributed by atoms with Crippen LogP contribution < -0.4 is 20.5 Å². The van der Waals surface area contributed by atoms with E-state index in [-0.39, 0.29) is 12.1 Å². The molecule has 5 heteroatoms. The Hall–Kier alpha value is -1.75. The summed E-state index contributed by atoms with van der Waals surface area (Å²) in [6.07, 6.45) is 1.91. The van der Waals surface area contributed by atoms with Gasteiger partial charge in [-0.3, -0.25) is 10.1 Å². The molecule has 0 aliphatic carbocycles. The molecule has 0 saturated heterocycles. The largest absolute Gasteiger partial charge is 0.496 e. The van der Waals surface area contributed by atoms with Gasteiger partial charge in [0.25, 0.3) is 0 Å². The SMILES string of the molecule is CCC(C)NC(C(N)=O)c1cc2c(cc1OC)CC(C)O2. The minimum Gasteiger partial charge on any atom is -0.496 e. The van der Waals surface area contributed by atoms with Gasteiger partial charge in [-0.25, -0.2) is 0 Å². The van der Waals surface area contributed by atoms with E-state index in [0.717, 1.165) is 29.7 Å². The van der Waals surface area contributed by atoms with Crippen molar-refractivity contribution in [2.24, 2.45) is 5.73 Å². The summed E-state index contributed by atoms with van der Waals surface area (Å²) in [5.41, 5.74) is 7.41. The van der Waals surface area contributed by atoms with Crippen LogP contribution in [0.3, 0.4) is 0 Å². The molecule has 5 nitrogen and oxygen atoms in total. The third-order valence-corrected chi connectivity index (χ3v) is 3.91. The van der Waals surface area contributed by atoms with Crippen molar-refractivity contribution in [3.8, 4) is 11.5 Å². The number of amides is 1. The van der Waals surface area contributed by atoms with E-state index in [1.807, 2.05) is 26.0 Å². The van der Waals surface area contributed by atoms with Crippen LogP contribution in [0.25, 0.3) is 0 Å². The number of fused-ring (bicyclic) bond motifs is 1. The number of nitrogens with two attached hydrogens (primary N) is 1. The number of hydrogen-bond acceptors (Lipinski definition) is 4. The lowest BCUT2D eigenvalue weighted by Crippen LogP contribution is -2.38. The first-order valence-corrected chi connectivity index (χ1v) is 7.39. The maximum Gasteiger partial charge on any atom is 0.239 e. The highest BCUT2D eigenvalue weighted by molar-refractivity contribution is 5.82. The second-order valence-electron chi connectivity index (χ2n) is 5.65. The molecule has 0 saturated carbocycles. The standard InChI is InChI=1S/C16H24N2O3/c1-5-9(2)18-15(16(17)19)12-8-13-11(6-10(3)21-13)7-14(12)20-4/h7-10,15,18H,5-6H2,1-4H3,(H2,17,19). The molecule has 0 spiro atoms. The third-order valence-electron chi connectivity index (χ3n) is 3.91. The van der Waals surface area contributed by atoms with E-state index in [0.29, 0.717) is 5.75 Å². The van der Waals surface area contributed by atoms with Crippen LogP contribution in [0.4, 0.5) is 0 Å². The van der Waals surface area contributed by atoms with Gasteiger partial charge in [0.1, 0.15) is 23.6 Å². The van der Waals surface area contributed by atoms with Gasteiger partial charge < -0.3 is 15.2 Å². The van der Waals surface area contributed by atoms with E-state index >= 15 is 0 Å². The fourth-order valence-corrected chi connectivity index (χ4v) is 2.59. The monoisotopic (exact) mass is 292 g/mol. The van der Waals surface area contributed by atoms with E-state index in [1.54, 1.807) is 7.11 Å². The molecule has 1 aromatic rings. The molecule has 2 rings (SSSR count). The number of ether oxygens (including phenoxy) is 2. The summed E-state index contributed by atoms with van der Waals surface area (Å²) in [4.78, 5) is 11.8. The molecule has 3 unspecified atom stereocenters. The van der Waals surface area contributed by atoms with Crippen LogP contribution in [0.1, 0.15) is 44.4 Å². The molecule has 3 N–H and O–H groups in total. The summed E-state index contributed by atoms with van der Waals surface area (Å²) in [5, 5.41) is 3.25. The van der Waals surface area contributed by atoms with Gasteiger partial charge in [0.2, 0.25) is 5.91 Å². The fraction of sp³-hybridized carbons (Fsp3) is 0.562. The van der Waals surface area contributed by atoms with Gasteiger partial charge >= 0.3 is 0 Å². The normalized spacial score (nSPS) is 19.5. The van der Waals surface area contributed by atoms with Gasteiger partial charge in [-0.05, 0) is 32.4 Å². The maximum absolute atomic E-state index is 11.8. The van der Waals surface area contributed by atoms with Crippen molar-refractivity contribution in [2.45, 2.75) is 51.8 Å². The molecule has 1 aliphatic heterocycles. The number of rotatable bonds is 6. The van der Waals surface area contributed by atoms with Gasteiger partial charge in [-0.1, -0.05) is 6.92 Å². The minimum atomic E-state index is -0.584. The van der Waals surface area contributed by atoms with Crippen molar-refractivity contribution < 1.29 is 14.3 Å². The molecular weight excluding hydrogens is 268 g/mol. The van der Waals surface area contributed by atoms with E-state index < -0.39 is 11.9 Å². The zero-order valence-corrected chi connectivity index (χ0v) is 13.1. The number of primary amides is 1. The maximum atomic E-state index is 11.8. The molecule has 1 heterocycles. The van der Waals surface area contributed by atoms with Crippen LogP contribution >= 0.6 is 0 Å². The van der Waals surface area contributed by atoms with Crippen molar-refractivity contribution in [3.05, 3.63) is 23.3 Å². The molecular formula is C16H24N2O3. The first-order chi connectivity index (χ1) is 9.96. The van der Waals surface area contributed by atoms with Crippen LogP contribution in [-0.4, -0.2) is 25.2 Å². The molecule has 0 aromatic heterocycles. The first-order valence-electron chi connectivity index (χ1n) is 7.39. The summed E-state index contributed by atoms with van der Waals surface area (Å²) in [6.45, 7) is 6.10. The second kappa shape index (κ2) is 6.35. The van der Waals surface area contributed by atoms with E-state index in [1.165, 1.54) is 0 Å². The highest BCUT2D eigenvalue weighted by Gasteiger charge is 2.28. The molecule has 21 heavy (non-hydrogen) atoms. The number of nitrogens with one attached hydrogen (secondary N) is 1. The highest BCUT2D eigenvalue weighted by Crippen LogP contribution is 2.37. The van der Waals surface area contributed by atoms with Crippen molar-refractivity contribution in [3.63, 3.8) is 0 Å². The summed E-state index contributed by atoms with van der Waals surface area (Å²) in [5.74, 6) is 1.07. The third kappa shape index (κ3) is 3.29. The van der Waals surface area contributed by atoms with Gasteiger partial charge in [0, 0.05) is 23.6 Å². The van der Waals surface area contributed by atoms with Crippen LogP contribution in [0.5, 0.6) is 11.5 Å². The van der Waals surface area contributed by atoms with Crippen LogP contribution in [0.2, 0.25) is 0 Å². The number of hydrogen-bond donors (Lipinski definition) is 2. The van der Waals surface area contributed by atoms with Gasteiger partial charge in [-0.15, -0.1) is 0 Å². The Morgan fingerprint density at radius 2 is 2.29 bits per heavy atom.